The van der Waals surface area contributed by atoms with Crippen molar-refractivity contribution in [1.29, 1.82) is 0 Å². The summed E-state index contributed by atoms with van der Waals surface area (Å²) in [5.41, 5.74) is 0. The van der Waals surface area contributed by atoms with E-state index in [4.69, 9.17) is 4.74 Å². The summed E-state index contributed by atoms with van der Waals surface area (Å²) in [6.45, 7) is 9.25. The summed E-state index contributed by atoms with van der Waals surface area (Å²) in [6, 6.07) is -0.366. The molecule has 0 aromatic carbocycles. The summed E-state index contributed by atoms with van der Waals surface area (Å²) < 4.78 is 5.35. The average molecular weight is 284 g/mol. The third-order valence-corrected chi connectivity index (χ3v) is 3.87. The lowest BCUT2D eigenvalue weighted by Gasteiger charge is -2.30. The van der Waals surface area contributed by atoms with E-state index < -0.39 is 0 Å². The van der Waals surface area contributed by atoms with Crippen molar-refractivity contribution in [3.8, 4) is 0 Å². The molecular formula is C15H28N2O3. The Balaban J connectivity index is 2.63. The van der Waals surface area contributed by atoms with Crippen LogP contribution in [0.5, 0.6) is 0 Å². The van der Waals surface area contributed by atoms with Crippen molar-refractivity contribution in [3.05, 3.63) is 0 Å². The molecule has 5 heteroatoms. The summed E-state index contributed by atoms with van der Waals surface area (Å²) in [7, 11) is 1.65. The maximum absolute atomic E-state index is 12.4. The van der Waals surface area contributed by atoms with E-state index in [0.717, 1.165) is 6.42 Å². The first-order valence-corrected chi connectivity index (χ1v) is 7.48. The minimum atomic E-state index is -0.366. The second-order valence-corrected chi connectivity index (χ2v) is 6.14. The predicted octanol–water partition coefficient (Wildman–Crippen LogP) is 1.42. The molecule has 1 heterocycles. The van der Waals surface area contributed by atoms with Gasteiger partial charge in [-0.15, -0.1) is 0 Å². The zero-order chi connectivity index (χ0) is 15.3. The van der Waals surface area contributed by atoms with Crippen molar-refractivity contribution < 1.29 is 14.3 Å². The number of likely N-dealkylation sites (tertiary alicyclic amines) is 1. The van der Waals surface area contributed by atoms with Crippen LogP contribution in [-0.2, 0) is 14.3 Å². The Morgan fingerprint density at radius 2 is 1.95 bits per heavy atom. The molecule has 116 valence electrons. The molecule has 1 aliphatic heterocycles. The third-order valence-electron chi connectivity index (χ3n) is 3.87. The highest BCUT2D eigenvalue weighted by molar-refractivity contribution is 5.88. The molecule has 0 unspecified atom stereocenters. The van der Waals surface area contributed by atoms with E-state index in [0.29, 0.717) is 25.4 Å². The Kier molecular flexibility index (Phi) is 6.46. The highest BCUT2D eigenvalue weighted by atomic mass is 16.5. The van der Waals surface area contributed by atoms with E-state index in [1.54, 1.807) is 12.0 Å². The van der Waals surface area contributed by atoms with Gasteiger partial charge in [0.1, 0.15) is 6.04 Å². The van der Waals surface area contributed by atoms with Crippen LogP contribution < -0.4 is 5.32 Å². The minimum Gasteiger partial charge on any atom is -0.379 e. The SMILES string of the molecule is CO[C@@H](CNC(=O)[C@H](C(C)C)N1CCCC1=O)C(C)C. The fourth-order valence-corrected chi connectivity index (χ4v) is 2.66. The van der Waals surface area contributed by atoms with Crippen LogP contribution in [0.15, 0.2) is 0 Å². The maximum atomic E-state index is 12.4. The summed E-state index contributed by atoms with van der Waals surface area (Å²) in [6.07, 6.45) is 1.41. The van der Waals surface area contributed by atoms with Gasteiger partial charge in [-0.1, -0.05) is 27.7 Å². The number of carbonyl (C=O) groups excluding carboxylic acids is 2. The van der Waals surface area contributed by atoms with E-state index in [1.165, 1.54) is 0 Å². The number of methoxy groups -OCH3 is 1. The van der Waals surface area contributed by atoms with E-state index >= 15 is 0 Å². The molecule has 0 aliphatic carbocycles. The first kappa shape index (κ1) is 17.0. The van der Waals surface area contributed by atoms with Crippen molar-refractivity contribution in [1.82, 2.24) is 10.2 Å². The van der Waals surface area contributed by atoms with Gasteiger partial charge in [0.15, 0.2) is 0 Å². The van der Waals surface area contributed by atoms with E-state index in [-0.39, 0.29) is 29.9 Å². The van der Waals surface area contributed by atoms with E-state index in [2.05, 4.69) is 19.2 Å². The van der Waals surface area contributed by atoms with Gasteiger partial charge in [0.2, 0.25) is 11.8 Å². The zero-order valence-corrected chi connectivity index (χ0v) is 13.3. The topological polar surface area (TPSA) is 58.6 Å². The van der Waals surface area contributed by atoms with Gasteiger partial charge in [-0.05, 0) is 18.3 Å². The maximum Gasteiger partial charge on any atom is 0.243 e. The Bertz CT molecular complexity index is 342. The number of ether oxygens (including phenoxy) is 1. The summed E-state index contributed by atoms with van der Waals surface area (Å²) in [5.74, 6) is 0.465. The molecule has 2 amide bonds. The van der Waals surface area contributed by atoms with Gasteiger partial charge in [-0.3, -0.25) is 9.59 Å². The van der Waals surface area contributed by atoms with Crippen LogP contribution in [0.4, 0.5) is 0 Å². The Hall–Kier alpha value is -1.10. The molecule has 2 atom stereocenters. The molecule has 0 radical (unpaired) electrons. The van der Waals surface area contributed by atoms with Crippen molar-refractivity contribution in [2.45, 2.75) is 52.7 Å². The van der Waals surface area contributed by atoms with Gasteiger partial charge in [-0.25, -0.2) is 0 Å². The standard InChI is InChI=1S/C15H28N2O3/c1-10(2)12(20-5)9-16-15(19)14(11(3)4)17-8-6-7-13(17)18/h10-12,14H,6-9H2,1-5H3,(H,16,19)/t12-,14-/m0/s1. The molecule has 20 heavy (non-hydrogen) atoms. The third kappa shape index (κ3) is 4.20. The first-order chi connectivity index (χ1) is 9.38. The monoisotopic (exact) mass is 284 g/mol. The molecule has 1 fully saturated rings. The van der Waals surface area contributed by atoms with Gasteiger partial charge in [0.05, 0.1) is 6.10 Å². The number of hydrogen-bond acceptors (Lipinski definition) is 3. The summed E-state index contributed by atoms with van der Waals surface area (Å²) >= 11 is 0. The van der Waals surface area contributed by atoms with Crippen LogP contribution in [0.1, 0.15) is 40.5 Å². The number of rotatable bonds is 7. The number of nitrogens with one attached hydrogen (secondary N) is 1. The molecule has 1 N–H and O–H groups in total. The van der Waals surface area contributed by atoms with Crippen LogP contribution >= 0.6 is 0 Å². The fraction of sp³-hybridized carbons (Fsp3) is 0.867. The van der Waals surface area contributed by atoms with Gasteiger partial charge >= 0.3 is 0 Å². The van der Waals surface area contributed by atoms with Crippen molar-refractivity contribution >= 4 is 11.8 Å². The zero-order valence-electron chi connectivity index (χ0n) is 13.3. The van der Waals surface area contributed by atoms with Gasteiger partial charge in [0.25, 0.3) is 0 Å². The van der Waals surface area contributed by atoms with Gasteiger partial charge in [0, 0.05) is 26.6 Å². The van der Waals surface area contributed by atoms with Crippen LogP contribution in [0, 0.1) is 11.8 Å². The number of nitrogens with zero attached hydrogens (tertiary/aromatic N) is 1. The lowest BCUT2D eigenvalue weighted by molar-refractivity contribution is -0.139. The van der Waals surface area contributed by atoms with Gasteiger partial charge in [-0.2, -0.15) is 0 Å². The van der Waals surface area contributed by atoms with E-state index in [1.807, 2.05) is 13.8 Å². The van der Waals surface area contributed by atoms with Crippen LogP contribution in [0.25, 0.3) is 0 Å². The quantitative estimate of drug-likeness (QED) is 0.769. The highest BCUT2D eigenvalue weighted by Gasteiger charge is 2.35. The molecule has 0 aromatic rings. The van der Waals surface area contributed by atoms with Crippen LogP contribution in [-0.4, -0.2) is 49.1 Å². The minimum absolute atomic E-state index is 0.000965. The van der Waals surface area contributed by atoms with E-state index in [9.17, 15) is 9.59 Å². The molecule has 0 spiro atoms. The molecule has 0 aromatic heterocycles. The predicted molar refractivity (Wildman–Crippen MR) is 78.2 cm³/mol. The molecular weight excluding hydrogens is 256 g/mol. The molecule has 1 aliphatic rings. The average Bonchev–Trinajstić information content (AvgIpc) is 2.76. The largest absolute Gasteiger partial charge is 0.379 e. The Morgan fingerprint density at radius 1 is 1.30 bits per heavy atom. The highest BCUT2D eigenvalue weighted by Crippen LogP contribution is 2.19. The summed E-state index contributed by atoms with van der Waals surface area (Å²) in [5, 5.41) is 2.94. The molecule has 1 saturated heterocycles. The molecule has 0 bridgehead atoms. The number of hydrogen-bond donors (Lipinski definition) is 1. The lowest BCUT2D eigenvalue weighted by Crippen LogP contribution is -2.52. The molecule has 1 rings (SSSR count). The normalized spacial score (nSPS) is 18.8. The van der Waals surface area contributed by atoms with Crippen LogP contribution in [0.2, 0.25) is 0 Å². The smallest absolute Gasteiger partial charge is 0.243 e. The van der Waals surface area contributed by atoms with Crippen molar-refractivity contribution in [2.24, 2.45) is 11.8 Å². The molecule has 5 nitrogen and oxygen atoms in total. The second kappa shape index (κ2) is 7.62. The Morgan fingerprint density at radius 3 is 2.35 bits per heavy atom. The Labute approximate surface area is 122 Å². The van der Waals surface area contributed by atoms with Crippen molar-refractivity contribution in [2.75, 3.05) is 20.2 Å². The van der Waals surface area contributed by atoms with Gasteiger partial charge < -0.3 is 15.0 Å². The summed E-state index contributed by atoms with van der Waals surface area (Å²) in [4.78, 5) is 26.0. The van der Waals surface area contributed by atoms with Crippen molar-refractivity contribution in [3.63, 3.8) is 0 Å². The first-order valence-electron chi connectivity index (χ1n) is 7.48. The molecule has 0 saturated carbocycles. The fourth-order valence-electron chi connectivity index (χ4n) is 2.66. The number of carbonyl (C=O) groups is 2. The number of amides is 2. The van der Waals surface area contributed by atoms with Crippen LogP contribution in [0.3, 0.4) is 0 Å². The second-order valence-electron chi connectivity index (χ2n) is 6.14. The lowest BCUT2D eigenvalue weighted by atomic mass is 10.0.